The van der Waals surface area contributed by atoms with Gasteiger partial charge in [0.05, 0.1) is 17.5 Å². The van der Waals surface area contributed by atoms with Crippen molar-refractivity contribution in [1.82, 2.24) is 20.0 Å². The zero-order valence-corrected chi connectivity index (χ0v) is 17.6. The predicted octanol–water partition coefficient (Wildman–Crippen LogP) is 3.18. The largest absolute Gasteiger partial charge is 0.486 e. The van der Waals surface area contributed by atoms with Gasteiger partial charge >= 0.3 is 0 Å². The van der Waals surface area contributed by atoms with Crippen molar-refractivity contribution in [1.29, 1.82) is 0 Å². The van der Waals surface area contributed by atoms with Crippen LogP contribution in [0.2, 0.25) is 0 Å². The first-order valence-electron chi connectivity index (χ1n) is 11.1. The van der Waals surface area contributed by atoms with Gasteiger partial charge in [-0.2, -0.15) is 5.10 Å². The standard InChI is InChI=1S/C23H30N4O3/c1-26(15-17-5-4-10-27-9-3-2-6-19(17)27)23(28)18-14-24-25-22(18)16-7-8-20-21(13-16)30-12-11-29-20/h7-8,13-14,17,19H,2-6,9-12,15H2,1H3,(H,24,25)/t17-,19-/m0/s1. The average molecular weight is 411 g/mol. The first-order valence-corrected chi connectivity index (χ1v) is 11.1. The van der Waals surface area contributed by atoms with Gasteiger partial charge in [0.1, 0.15) is 13.2 Å². The molecule has 4 heterocycles. The number of carbonyl (C=O) groups excluding carboxylic acids is 1. The SMILES string of the molecule is CN(C[C@@H]1CCCN2CCCC[C@@H]12)C(=O)c1cn[nH]c1-c1ccc2c(c1)OCCO2. The molecule has 2 aromatic rings. The third kappa shape index (κ3) is 3.67. The quantitative estimate of drug-likeness (QED) is 0.838. The van der Waals surface area contributed by atoms with Gasteiger partial charge in [-0.05, 0) is 62.9 Å². The number of nitrogens with one attached hydrogen (secondary N) is 1. The van der Waals surface area contributed by atoms with Gasteiger partial charge in [-0.25, -0.2) is 0 Å². The minimum Gasteiger partial charge on any atom is -0.486 e. The Balaban J connectivity index is 1.33. The molecule has 7 heteroatoms. The van der Waals surface area contributed by atoms with Crippen LogP contribution in [-0.2, 0) is 0 Å². The van der Waals surface area contributed by atoms with E-state index in [1.54, 1.807) is 6.20 Å². The summed E-state index contributed by atoms with van der Waals surface area (Å²) >= 11 is 0. The molecule has 0 radical (unpaired) electrons. The second-order valence-electron chi connectivity index (χ2n) is 8.70. The van der Waals surface area contributed by atoms with Gasteiger partial charge in [0.25, 0.3) is 5.91 Å². The Hall–Kier alpha value is -2.54. The van der Waals surface area contributed by atoms with Crippen LogP contribution in [0.3, 0.4) is 0 Å². The van der Waals surface area contributed by atoms with Crippen LogP contribution in [0.25, 0.3) is 11.3 Å². The van der Waals surface area contributed by atoms with Crippen LogP contribution >= 0.6 is 0 Å². The van der Waals surface area contributed by atoms with E-state index in [1.807, 2.05) is 30.1 Å². The number of piperidine rings is 2. The number of fused-ring (bicyclic) bond motifs is 2. The molecule has 0 aliphatic carbocycles. The maximum atomic E-state index is 13.3. The van der Waals surface area contributed by atoms with Crippen LogP contribution in [0.15, 0.2) is 24.4 Å². The summed E-state index contributed by atoms with van der Waals surface area (Å²) in [6, 6.07) is 6.38. The van der Waals surface area contributed by atoms with E-state index in [1.165, 1.54) is 45.2 Å². The minimum atomic E-state index is 0.0153. The van der Waals surface area contributed by atoms with Crippen molar-refractivity contribution >= 4 is 5.91 Å². The van der Waals surface area contributed by atoms with Gasteiger partial charge in [0.15, 0.2) is 11.5 Å². The van der Waals surface area contributed by atoms with E-state index < -0.39 is 0 Å². The molecule has 30 heavy (non-hydrogen) atoms. The first-order chi connectivity index (χ1) is 14.7. The number of aromatic nitrogens is 2. The number of benzene rings is 1. The molecule has 7 nitrogen and oxygen atoms in total. The molecular weight excluding hydrogens is 380 g/mol. The molecule has 1 aromatic carbocycles. The van der Waals surface area contributed by atoms with Gasteiger partial charge in [-0.1, -0.05) is 6.42 Å². The van der Waals surface area contributed by atoms with Crippen LogP contribution in [0.5, 0.6) is 11.5 Å². The van der Waals surface area contributed by atoms with E-state index in [-0.39, 0.29) is 5.91 Å². The molecular formula is C23H30N4O3. The molecule has 1 N–H and O–H groups in total. The van der Waals surface area contributed by atoms with Crippen molar-refractivity contribution in [3.63, 3.8) is 0 Å². The van der Waals surface area contributed by atoms with Crippen LogP contribution in [0.4, 0.5) is 0 Å². The topological polar surface area (TPSA) is 70.7 Å². The normalized spacial score (nSPS) is 23.6. The number of ether oxygens (including phenoxy) is 2. The molecule has 0 bridgehead atoms. The van der Waals surface area contributed by atoms with E-state index in [9.17, 15) is 4.79 Å². The molecule has 1 aromatic heterocycles. The number of H-pyrrole nitrogens is 1. The fourth-order valence-electron chi connectivity index (χ4n) is 5.30. The van der Waals surface area contributed by atoms with Gasteiger partial charge in [0.2, 0.25) is 0 Å². The number of amides is 1. The molecule has 0 spiro atoms. The lowest BCUT2D eigenvalue weighted by atomic mass is 9.83. The highest BCUT2D eigenvalue weighted by molar-refractivity contribution is 5.99. The van der Waals surface area contributed by atoms with Gasteiger partial charge < -0.3 is 19.3 Å². The summed E-state index contributed by atoms with van der Waals surface area (Å²) < 4.78 is 11.3. The number of aromatic amines is 1. The highest BCUT2D eigenvalue weighted by Crippen LogP contribution is 2.35. The summed E-state index contributed by atoms with van der Waals surface area (Å²) in [5.74, 6) is 2.02. The van der Waals surface area contributed by atoms with E-state index in [0.29, 0.717) is 36.5 Å². The summed E-state index contributed by atoms with van der Waals surface area (Å²) in [5.41, 5.74) is 2.21. The summed E-state index contributed by atoms with van der Waals surface area (Å²) in [7, 11) is 1.92. The maximum absolute atomic E-state index is 13.3. The predicted molar refractivity (Wildman–Crippen MR) is 114 cm³/mol. The Morgan fingerprint density at radius 3 is 2.90 bits per heavy atom. The van der Waals surface area contributed by atoms with Crippen molar-refractivity contribution in [3.05, 3.63) is 30.0 Å². The van der Waals surface area contributed by atoms with Crippen LogP contribution in [0, 0.1) is 5.92 Å². The third-order valence-electron chi connectivity index (χ3n) is 6.78. The lowest BCUT2D eigenvalue weighted by molar-refractivity contribution is 0.0403. The van der Waals surface area contributed by atoms with Crippen molar-refractivity contribution in [2.24, 2.45) is 5.92 Å². The zero-order valence-electron chi connectivity index (χ0n) is 17.6. The number of hydrogen-bond donors (Lipinski definition) is 1. The number of hydrogen-bond acceptors (Lipinski definition) is 5. The molecule has 0 unspecified atom stereocenters. The fraction of sp³-hybridized carbons (Fsp3) is 0.565. The number of nitrogens with zero attached hydrogens (tertiary/aromatic N) is 3. The van der Waals surface area contributed by atoms with E-state index in [2.05, 4.69) is 15.1 Å². The molecule has 5 rings (SSSR count). The lowest BCUT2D eigenvalue weighted by Crippen LogP contribution is -2.51. The summed E-state index contributed by atoms with van der Waals surface area (Å²) in [4.78, 5) is 17.9. The molecule has 1 amide bonds. The summed E-state index contributed by atoms with van der Waals surface area (Å²) in [6.07, 6.45) is 7.97. The molecule has 2 atom stereocenters. The molecule has 3 aliphatic heterocycles. The summed E-state index contributed by atoms with van der Waals surface area (Å²) in [6.45, 7) is 4.33. The van der Waals surface area contributed by atoms with Crippen LogP contribution in [-0.4, -0.2) is 71.8 Å². The van der Waals surface area contributed by atoms with Gasteiger partial charge in [-0.3, -0.25) is 9.89 Å². The van der Waals surface area contributed by atoms with Gasteiger partial charge in [-0.15, -0.1) is 0 Å². The highest BCUT2D eigenvalue weighted by atomic mass is 16.6. The second-order valence-corrected chi connectivity index (χ2v) is 8.70. The molecule has 160 valence electrons. The van der Waals surface area contributed by atoms with Gasteiger partial charge in [0, 0.05) is 25.2 Å². The van der Waals surface area contributed by atoms with Crippen molar-refractivity contribution < 1.29 is 14.3 Å². The van der Waals surface area contributed by atoms with Crippen LogP contribution in [0.1, 0.15) is 42.5 Å². The zero-order chi connectivity index (χ0) is 20.5. The average Bonchev–Trinajstić information content (AvgIpc) is 3.28. The van der Waals surface area contributed by atoms with Crippen molar-refractivity contribution in [2.45, 2.75) is 38.1 Å². The highest BCUT2D eigenvalue weighted by Gasteiger charge is 2.34. The molecule has 2 fully saturated rings. The Morgan fingerprint density at radius 1 is 1.17 bits per heavy atom. The first kappa shape index (κ1) is 19.4. The van der Waals surface area contributed by atoms with E-state index >= 15 is 0 Å². The maximum Gasteiger partial charge on any atom is 0.257 e. The van der Waals surface area contributed by atoms with Crippen molar-refractivity contribution in [3.8, 4) is 22.8 Å². The Bertz CT molecular complexity index is 910. The van der Waals surface area contributed by atoms with E-state index in [4.69, 9.17) is 9.47 Å². The molecule has 2 saturated heterocycles. The molecule has 0 saturated carbocycles. The number of carbonyl (C=O) groups is 1. The summed E-state index contributed by atoms with van der Waals surface area (Å²) in [5, 5.41) is 7.19. The Kier molecular flexibility index (Phi) is 5.37. The monoisotopic (exact) mass is 410 g/mol. The third-order valence-corrected chi connectivity index (χ3v) is 6.78. The Labute approximate surface area is 177 Å². The Morgan fingerprint density at radius 2 is 2.00 bits per heavy atom. The minimum absolute atomic E-state index is 0.0153. The van der Waals surface area contributed by atoms with Crippen LogP contribution < -0.4 is 9.47 Å². The lowest BCUT2D eigenvalue weighted by Gasteiger charge is -2.45. The molecule has 3 aliphatic rings. The number of rotatable bonds is 4. The van der Waals surface area contributed by atoms with E-state index in [0.717, 1.165) is 23.6 Å². The smallest absolute Gasteiger partial charge is 0.257 e. The van der Waals surface area contributed by atoms with Crippen molar-refractivity contribution in [2.75, 3.05) is 39.9 Å². The second kappa shape index (κ2) is 8.30. The fourth-order valence-corrected chi connectivity index (χ4v) is 5.30.